The molecule has 2 N–H and O–H groups in total. The normalized spacial score (nSPS) is 20.5. The Bertz CT molecular complexity index is 581. The van der Waals surface area contributed by atoms with Gasteiger partial charge in [-0.15, -0.1) is 0 Å². The van der Waals surface area contributed by atoms with Crippen molar-refractivity contribution in [1.82, 2.24) is 9.97 Å². The van der Waals surface area contributed by atoms with E-state index in [1.54, 1.807) is 0 Å². The number of anilines is 2. The van der Waals surface area contributed by atoms with Crippen LogP contribution in [-0.4, -0.2) is 23.1 Å². The second kappa shape index (κ2) is 5.03. The quantitative estimate of drug-likeness (QED) is 0.852. The van der Waals surface area contributed by atoms with E-state index in [4.69, 9.17) is 5.73 Å². The van der Waals surface area contributed by atoms with Crippen molar-refractivity contribution in [2.45, 2.75) is 26.2 Å². The fourth-order valence-corrected chi connectivity index (χ4v) is 2.79. The van der Waals surface area contributed by atoms with E-state index in [1.807, 2.05) is 18.2 Å². The Morgan fingerprint density at radius 3 is 2.89 bits per heavy atom. The van der Waals surface area contributed by atoms with Crippen LogP contribution in [0.1, 0.15) is 26.2 Å². The van der Waals surface area contributed by atoms with E-state index in [0.717, 1.165) is 35.7 Å². The second-order valence-electron chi connectivity index (χ2n) is 5.45. The van der Waals surface area contributed by atoms with Crippen molar-refractivity contribution >= 4 is 22.7 Å². The van der Waals surface area contributed by atoms with Gasteiger partial charge < -0.3 is 10.6 Å². The summed E-state index contributed by atoms with van der Waals surface area (Å²) in [7, 11) is 0. The van der Waals surface area contributed by atoms with Gasteiger partial charge in [-0.2, -0.15) is 4.98 Å². The highest BCUT2D eigenvalue weighted by Gasteiger charge is 2.17. The van der Waals surface area contributed by atoms with E-state index in [1.165, 1.54) is 19.3 Å². The molecule has 1 unspecified atom stereocenters. The number of hydrogen-bond donors (Lipinski definition) is 1. The molecular formula is C15H20N4. The molecule has 4 nitrogen and oxygen atoms in total. The topological polar surface area (TPSA) is 55.0 Å². The van der Waals surface area contributed by atoms with Gasteiger partial charge in [-0.1, -0.05) is 19.1 Å². The van der Waals surface area contributed by atoms with E-state index in [-0.39, 0.29) is 0 Å². The summed E-state index contributed by atoms with van der Waals surface area (Å²) in [6.07, 6.45) is 3.74. The highest BCUT2D eigenvalue weighted by Crippen LogP contribution is 2.27. The molecule has 1 saturated heterocycles. The standard InChI is InChI=1S/C15H20N4/c1-11-5-4-9-19(10-8-11)14-12-6-2-3-7-13(12)17-15(16)18-14/h2-3,6-7,11H,4-5,8-10H2,1H3,(H2,16,17,18). The summed E-state index contributed by atoms with van der Waals surface area (Å²) in [4.78, 5) is 11.2. The van der Waals surface area contributed by atoms with Crippen LogP contribution in [0, 0.1) is 5.92 Å². The maximum absolute atomic E-state index is 5.85. The summed E-state index contributed by atoms with van der Waals surface area (Å²) >= 11 is 0. The van der Waals surface area contributed by atoms with Crippen molar-refractivity contribution in [3.63, 3.8) is 0 Å². The van der Waals surface area contributed by atoms with Crippen molar-refractivity contribution in [2.24, 2.45) is 5.92 Å². The zero-order valence-corrected chi connectivity index (χ0v) is 11.3. The van der Waals surface area contributed by atoms with Crippen molar-refractivity contribution < 1.29 is 0 Å². The highest BCUT2D eigenvalue weighted by atomic mass is 15.2. The van der Waals surface area contributed by atoms with E-state index in [0.29, 0.717) is 5.95 Å². The van der Waals surface area contributed by atoms with Crippen LogP contribution < -0.4 is 10.6 Å². The number of para-hydroxylation sites is 1. The molecule has 2 aromatic rings. The molecule has 1 aliphatic heterocycles. The van der Waals surface area contributed by atoms with E-state index >= 15 is 0 Å². The Kier molecular flexibility index (Phi) is 3.23. The third kappa shape index (κ3) is 2.48. The van der Waals surface area contributed by atoms with Gasteiger partial charge in [0.25, 0.3) is 0 Å². The first-order valence-corrected chi connectivity index (χ1v) is 7.01. The van der Waals surface area contributed by atoms with Gasteiger partial charge in [0, 0.05) is 18.5 Å². The lowest BCUT2D eigenvalue weighted by Crippen LogP contribution is -2.26. The molecule has 4 heteroatoms. The SMILES string of the molecule is CC1CCCN(c2nc(N)nc3ccccc23)CC1. The first kappa shape index (κ1) is 12.2. The Balaban J connectivity index is 2.03. The van der Waals surface area contributed by atoms with Crippen molar-refractivity contribution in [1.29, 1.82) is 0 Å². The van der Waals surface area contributed by atoms with Crippen LogP contribution in [0.5, 0.6) is 0 Å². The van der Waals surface area contributed by atoms with Gasteiger partial charge in [-0.3, -0.25) is 0 Å². The molecule has 1 atom stereocenters. The zero-order chi connectivity index (χ0) is 13.2. The molecular weight excluding hydrogens is 236 g/mol. The molecule has 1 fully saturated rings. The monoisotopic (exact) mass is 256 g/mol. The van der Waals surface area contributed by atoms with Crippen LogP contribution in [-0.2, 0) is 0 Å². The summed E-state index contributed by atoms with van der Waals surface area (Å²) in [5, 5.41) is 1.10. The summed E-state index contributed by atoms with van der Waals surface area (Å²) in [6.45, 7) is 4.45. The number of nitrogens with zero attached hydrogens (tertiary/aromatic N) is 3. The molecule has 1 aliphatic rings. The van der Waals surface area contributed by atoms with Crippen LogP contribution in [0.4, 0.5) is 11.8 Å². The average Bonchev–Trinajstić information content (AvgIpc) is 2.62. The van der Waals surface area contributed by atoms with Crippen LogP contribution in [0.25, 0.3) is 10.9 Å². The van der Waals surface area contributed by atoms with Gasteiger partial charge in [-0.05, 0) is 37.3 Å². The molecule has 100 valence electrons. The van der Waals surface area contributed by atoms with Crippen molar-refractivity contribution in [2.75, 3.05) is 23.7 Å². The molecule has 19 heavy (non-hydrogen) atoms. The number of benzene rings is 1. The molecule has 3 rings (SSSR count). The average molecular weight is 256 g/mol. The van der Waals surface area contributed by atoms with Gasteiger partial charge in [-0.25, -0.2) is 4.98 Å². The molecule has 0 saturated carbocycles. The summed E-state index contributed by atoms with van der Waals surface area (Å²) < 4.78 is 0. The lowest BCUT2D eigenvalue weighted by molar-refractivity contribution is 0.521. The summed E-state index contributed by atoms with van der Waals surface area (Å²) in [5.74, 6) is 2.17. The number of hydrogen-bond acceptors (Lipinski definition) is 4. The van der Waals surface area contributed by atoms with Crippen molar-refractivity contribution in [3.05, 3.63) is 24.3 Å². The van der Waals surface area contributed by atoms with Gasteiger partial charge in [0.2, 0.25) is 5.95 Å². The van der Waals surface area contributed by atoms with Crippen LogP contribution in [0.3, 0.4) is 0 Å². The number of nitrogens with two attached hydrogens (primary N) is 1. The number of fused-ring (bicyclic) bond motifs is 1. The van der Waals surface area contributed by atoms with Crippen LogP contribution >= 0.6 is 0 Å². The smallest absolute Gasteiger partial charge is 0.222 e. The zero-order valence-electron chi connectivity index (χ0n) is 11.3. The van der Waals surface area contributed by atoms with Crippen LogP contribution in [0.2, 0.25) is 0 Å². The number of nitrogen functional groups attached to an aromatic ring is 1. The first-order chi connectivity index (χ1) is 9.24. The fraction of sp³-hybridized carbons (Fsp3) is 0.467. The Labute approximate surface area is 113 Å². The second-order valence-corrected chi connectivity index (χ2v) is 5.45. The van der Waals surface area contributed by atoms with Gasteiger partial charge in [0.05, 0.1) is 5.52 Å². The maximum atomic E-state index is 5.85. The molecule has 0 amide bonds. The minimum absolute atomic E-state index is 0.367. The van der Waals surface area contributed by atoms with Gasteiger partial charge >= 0.3 is 0 Å². The van der Waals surface area contributed by atoms with E-state index in [9.17, 15) is 0 Å². The molecule has 0 aliphatic carbocycles. The minimum Gasteiger partial charge on any atom is -0.368 e. The summed E-state index contributed by atoms with van der Waals surface area (Å²) in [6, 6.07) is 8.10. The fourth-order valence-electron chi connectivity index (χ4n) is 2.79. The molecule has 0 spiro atoms. The molecule has 1 aromatic carbocycles. The Morgan fingerprint density at radius 2 is 2.00 bits per heavy atom. The predicted molar refractivity (Wildman–Crippen MR) is 79.2 cm³/mol. The number of rotatable bonds is 1. The molecule has 0 radical (unpaired) electrons. The highest BCUT2D eigenvalue weighted by molar-refractivity contribution is 5.90. The maximum Gasteiger partial charge on any atom is 0.222 e. The van der Waals surface area contributed by atoms with E-state index in [2.05, 4.69) is 27.9 Å². The molecule has 0 bridgehead atoms. The van der Waals surface area contributed by atoms with E-state index < -0.39 is 0 Å². The third-order valence-electron chi connectivity index (χ3n) is 3.92. The molecule has 1 aromatic heterocycles. The minimum atomic E-state index is 0.367. The van der Waals surface area contributed by atoms with Gasteiger partial charge in [0.1, 0.15) is 5.82 Å². The van der Waals surface area contributed by atoms with Crippen molar-refractivity contribution in [3.8, 4) is 0 Å². The third-order valence-corrected chi connectivity index (χ3v) is 3.92. The predicted octanol–water partition coefficient (Wildman–Crippen LogP) is 2.84. The first-order valence-electron chi connectivity index (χ1n) is 7.01. The number of aromatic nitrogens is 2. The van der Waals surface area contributed by atoms with Crippen LogP contribution in [0.15, 0.2) is 24.3 Å². The Hall–Kier alpha value is -1.84. The Morgan fingerprint density at radius 1 is 1.16 bits per heavy atom. The van der Waals surface area contributed by atoms with Gasteiger partial charge in [0.15, 0.2) is 0 Å². The molecule has 2 heterocycles. The largest absolute Gasteiger partial charge is 0.368 e. The lowest BCUT2D eigenvalue weighted by atomic mass is 10.0. The lowest BCUT2D eigenvalue weighted by Gasteiger charge is -2.23. The summed E-state index contributed by atoms with van der Waals surface area (Å²) in [5.41, 5.74) is 6.78.